The predicted octanol–water partition coefficient (Wildman–Crippen LogP) is 1.78. The lowest BCUT2D eigenvalue weighted by Crippen LogP contribution is -2.42. The summed E-state index contributed by atoms with van der Waals surface area (Å²) in [5.41, 5.74) is 1.45. The zero-order valence-electron chi connectivity index (χ0n) is 15.3. The number of carbonyl (C=O) groups excluding carboxylic acids is 2. The van der Waals surface area contributed by atoms with Crippen LogP contribution in [-0.4, -0.2) is 71.2 Å². The minimum absolute atomic E-state index is 0.0366. The summed E-state index contributed by atoms with van der Waals surface area (Å²) < 4.78 is 5.30. The van der Waals surface area contributed by atoms with Crippen molar-refractivity contribution in [3.63, 3.8) is 0 Å². The smallest absolute Gasteiger partial charge is 0.274 e. The maximum absolute atomic E-state index is 12.7. The number of morpholine rings is 1. The first-order chi connectivity index (χ1) is 12.7. The lowest BCUT2D eigenvalue weighted by molar-refractivity contribution is -0.136. The first-order valence-corrected chi connectivity index (χ1v) is 9.93. The quantitative estimate of drug-likeness (QED) is 0.891. The molecule has 0 bridgehead atoms. The summed E-state index contributed by atoms with van der Waals surface area (Å²) in [5.74, 6) is 0.767. The number of H-pyrrole nitrogens is 1. The zero-order valence-corrected chi connectivity index (χ0v) is 15.3. The molecule has 1 aromatic heterocycles. The molecule has 3 heterocycles. The molecule has 26 heavy (non-hydrogen) atoms. The Kier molecular flexibility index (Phi) is 5.24. The van der Waals surface area contributed by atoms with E-state index in [4.69, 9.17) is 4.74 Å². The number of rotatable bonds is 3. The second-order valence-electron chi connectivity index (χ2n) is 7.72. The topological polar surface area (TPSA) is 78.5 Å². The van der Waals surface area contributed by atoms with Crippen LogP contribution in [0.15, 0.2) is 6.07 Å². The van der Waals surface area contributed by atoms with Crippen molar-refractivity contribution in [1.29, 1.82) is 0 Å². The number of hydrogen-bond donors (Lipinski definition) is 1. The van der Waals surface area contributed by atoms with E-state index in [2.05, 4.69) is 10.2 Å². The lowest BCUT2D eigenvalue weighted by Gasteiger charge is -2.34. The number of amides is 2. The molecule has 3 fully saturated rings. The first-order valence-electron chi connectivity index (χ1n) is 9.93. The number of likely N-dealkylation sites (tertiary alicyclic amines) is 1. The monoisotopic (exact) mass is 360 g/mol. The molecule has 0 unspecified atom stereocenters. The number of hydrogen-bond acceptors (Lipinski definition) is 4. The highest BCUT2D eigenvalue weighted by atomic mass is 16.5. The van der Waals surface area contributed by atoms with Crippen molar-refractivity contribution < 1.29 is 14.3 Å². The van der Waals surface area contributed by atoms with Gasteiger partial charge < -0.3 is 14.5 Å². The van der Waals surface area contributed by atoms with E-state index in [9.17, 15) is 9.59 Å². The van der Waals surface area contributed by atoms with Crippen molar-refractivity contribution >= 4 is 11.8 Å². The Bertz CT molecular complexity index is 647. The van der Waals surface area contributed by atoms with E-state index in [0.717, 1.165) is 44.5 Å². The van der Waals surface area contributed by atoms with Crippen LogP contribution in [0.2, 0.25) is 0 Å². The molecule has 2 saturated heterocycles. The van der Waals surface area contributed by atoms with Gasteiger partial charge in [0.15, 0.2) is 0 Å². The molecule has 1 saturated carbocycles. The van der Waals surface area contributed by atoms with Gasteiger partial charge in [-0.1, -0.05) is 12.8 Å². The number of piperidine rings is 1. The van der Waals surface area contributed by atoms with E-state index in [0.29, 0.717) is 37.9 Å². The Balaban J connectivity index is 1.40. The summed E-state index contributed by atoms with van der Waals surface area (Å²) in [5, 5.41) is 7.31. The predicted molar refractivity (Wildman–Crippen MR) is 95.8 cm³/mol. The Morgan fingerprint density at radius 2 is 1.81 bits per heavy atom. The summed E-state index contributed by atoms with van der Waals surface area (Å²) in [6, 6.07) is 1.88. The van der Waals surface area contributed by atoms with Gasteiger partial charge in [0.2, 0.25) is 5.91 Å². The number of aromatic amines is 1. The van der Waals surface area contributed by atoms with Crippen LogP contribution in [0.1, 0.15) is 60.6 Å². The number of nitrogens with zero attached hydrogens (tertiary/aromatic N) is 3. The van der Waals surface area contributed by atoms with E-state index in [-0.39, 0.29) is 17.7 Å². The number of nitrogens with one attached hydrogen (secondary N) is 1. The van der Waals surface area contributed by atoms with Gasteiger partial charge in [-0.3, -0.25) is 14.7 Å². The van der Waals surface area contributed by atoms with E-state index >= 15 is 0 Å². The summed E-state index contributed by atoms with van der Waals surface area (Å²) in [6.07, 6.45) is 6.49. The fourth-order valence-corrected chi connectivity index (χ4v) is 4.45. The Morgan fingerprint density at radius 1 is 1.04 bits per heavy atom. The van der Waals surface area contributed by atoms with E-state index in [1.54, 1.807) is 4.90 Å². The van der Waals surface area contributed by atoms with Crippen molar-refractivity contribution in [2.75, 3.05) is 39.4 Å². The average Bonchev–Trinajstić information content (AvgIpc) is 3.40. The van der Waals surface area contributed by atoms with Gasteiger partial charge in [-0.2, -0.15) is 5.10 Å². The lowest BCUT2D eigenvalue weighted by atomic mass is 9.93. The van der Waals surface area contributed by atoms with Gasteiger partial charge >= 0.3 is 0 Å². The second-order valence-corrected chi connectivity index (χ2v) is 7.72. The van der Waals surface area contributed by atoms with Crippen molar-refractivity contribution in [3.8, 4) is 0 Å². The minimum atomic E-state index is -0.0366. The standard InChI is InChI=1S/C19H28N4O3/c24-18(14-4-1-2-5-14)23-7-3-6-15(13-23)16-12-17(21-20-16)19(25)22-8-10-26-11-9-22/h12,14-15H,1-11,13H2,(H,20,21)/t15-/m1/s1. The molecule has 142 valence electrons. The maximum atomic E-state index is 12.7. The van der Waals surface area contributed by atoms with Crippen LogP contribution in [0.25, 0.3) is 0 Å². The van der Waals surface area contributed by atoms with Gasteiger partial charge in [-0.25, -0.2) is 0 Å². The van der Waals surface area contributed by atoms with Gasteiger partial charge in [-0.05, 0) is 31.7 Å². The van der Waals surface area contributed by atoms with Crippen LogP contribution >= 0.6 is 0 Å². The van der Waals surface area contributed by atoms with Crippen molar-refractivity contribution in [2.24, 2.45) is 5.92 Å². The van der Waals surface area contributed by atoms with Crippen LogP contribution in [0.3, 0.4) is 0 Å². The third kappa shape index (κ3) is 3.63. The highest BCUT2D eigenvalue weighted by Gasteiger charge is 2.32. The van der Waals surface area contributed by atoms with Gasteiger partial charge in [0.25, 0.3) is 5.91 Å². The van der Waals surface area contributed by atoms with E-state index in [1.807, 2.05) is 11.0 Å². The van der Waals surface area contributed by atoms with Crippen LogP contribution in [-0.2, 0) is 9.53 Å². The minimum Gasteiger partial charge on any atom is -0.378 e. The van der Waals surface area contributed by atoms with Crippen LogP contribution in [0, 0.1) is 5.92 Å². The van der Waals surface area contributed by atoms with Crippen molar-refractivity contribution in [1.82, 2.24) is 20.0 Å². The molecule has 0 spiro atoms. The molecule has 1 aromatic rings. The molecule has 0 aromatic carbocycles. The fraction of sp³-hybridized carbons (Fsp3) is 0.737. The zero-order chi connectivity index (χ0) is 17.9. The SMILES string of the molecule is O=C(c1cc([C@@H]2CCCN(C(=O)C3CCCC3)C2)[nH]n1)N1CCOCC1. The van der Waals surface area contributed by atoms with E-state index in [1.165, 1.54) is 12.8 Å². The third-order valence-electron chi connectivity index (χ3n) is 5.99. The van der Waals surface area contributed by atoms with Crippen molar-refractivity contribution in [2.45, 2.75) is 44.4 Å². The molecule has 2 aliphatic heterocycles. The van der Waals surface area contributed by atoms with Gasteiger partial charge in [0, 0.05) is 43.7 Å². The maximum Gasteiger partial charge on any atom is 0.274 e. The van der Waals surface area contributed by atoms with Gasteiger partial charge in [-0.15, -0.1) is 0 Å². The fourth-order valence-electron chi connectivity index (χ4n) is 4.45. The molecule has 0 radical (unpaired) electrons. The van der Waals surface area contributed by atoms with Crippen LogP contribution < -0.4 is 0 Å². The Hall–Kier alpha value is -1.89. The van der Waals surface area contributed by atoms with Crippen LogP contribution in [0.4, 0.5) is 0 Å². The second kappa shape index (κ2) is 7.78. The Morgan fingerprint density at radius 3 is 2.58 bits per heavy atom. The molecule has 4 rings (SSSR count). The normalized spacial score (nSPS) is 24.8. The molecule has 1 atom stereocenters. The van der Waals surface area contributed by atoms with Crippen LogP contribution in [0.5, 0.6) is 0 Å². The molecule has 2 amide bonds. The van der Waals surface area contributed by atoms with Gasteiger partial charge in [0.05, 0.1) is 13.2 Å². The summed E-state index contributed by atoms with van der Waals surface area (Å²) in [4.78, 5) is 29.1. The molecule has 7 heteroatoms. The molecular weight excluding hydrogens is 332 g/mol. The number of ether oxygens (including phenoxy) is 1. The highest BCUT2D eigenvalue weighted by Crippen LogP contribution is 2.31. The summed E-state index contributed by atoms with van der Waals surface area (Å²) in [7, 11) is 0. The highest BCUT2D eigenvalue weighted by molar-refractivity contribution is 5.92. The molecule has 1 N–H and O–H groups in total. The molecular formula is C19H28N4O3. The van der Waals surface area contributed by atoms with E-state index < -0.39 is 0 Å². The first kappa shape index (κ1) is 17.5. The Labute approximate surface area is 154 Å². The molecule has 7 nitrogen and oxygen atoms in total. The third-order valence-corrected chi connectivity index (χ3v) is 5.99. The molecule has 3 aliphatic rings. The largest absolute Gasteiger partial charge is 0.378 e. The molecule has 1 aliphatic carbocycles. The number of aromatic nitrogens is 2. The number of carbonyl (C=O) groups is 2. The summed E-state index contributed by atoms with van der Waals surface area (Å²) in [6.45, 7) is 4.01. The van der Waals surface area contributed by atoms with Crippen molar-refractivity contribution in [3.05, 3.63) is 17.5 Å². The van der Waals surface area contributed by atoms with Gasteiger partial charge in [0.1, 0.15) is 5.69 Å². The average molecular weight is 360 g/mol. The summed E-state index contributed by atoms with van der Waals surface area (Å²) >= 11 is 0.